The van der Waals surface area contributed by atoms with Crippen LogP contribution in [0.3, 0.4) is 0 Å². The Morgan fingerprint density at radius 2 is 1.12 bits per heavy atom. The van der Waals surface area contributed by atoms with Crippen molar-refractivity contribution in [1.29, 1.82) is 5.26 Å². The van der Waals surface area contributed by atoms with Gasteiger partial charge in [-0.3, -0.25) is 0 Å². The molecule has 98 valence electrons. The SMILES string of the molecule is CCCCS(C#N)(CCCC)CCCC.[SnH4]. The molecule has 0 aliphatic rings. The fourth-order valence-electron chi connectivity index (χ4n) is 1.71. The number of unbranched alkanes of at least 4 members (excludes halogenated alkanes) is 3. The number of thiocyanates is 1. The molecule has 16 heavy (non-hydrogen) atoms. The van der Waals surface area contributed by atoms with E-state index in [2.05, 4.69) is 26.2 Å². The summed E-state index contributed by atoms with van der Waals surface area (Å²) in [6.45, 7) is 6.67. The molecular weight excluding hydrogens is 321 g/mol. The Morgan fingerprint density at radius 1 is 0.812 bits per heavy atom. The van der Waals surface area contributed by atoms with Gasteiger partial charge in [0.15, 0.2) is 0 Å². The summed E-state index contributed by atoms with van der Waals surface area (Å²) in [5.41, 5.74) is 0. The third-order valence-electron chi connectivity index (χ3n) is 2.86. The molecule has 0 saturated carbocycles. The average Bonchev–Trinajstić information content (AvgIpc) is 2.29. The van der Waals surface area contributed by atoms with Gasteiger partial charge >= 0.3 is 23.9 Å². The molecule has 0 fully saturated rings. The van der Waals surface area contributed by atoms with E-state index in [9.17, 15) is 5.26 Å². The first kappa shape index (κ1) is 19.0. The van der Waals surface area contributed by atoms with Gasteiger partial charge in [0, 0.05) is 0 Å². The van der Waals surface area contributed by atoms with Gasteiger partial charge in [0.05, 0.1) is 0 Å². The van der Waals surface area contributed by atoms with Gasteiger partial charge in [0.25, 0.3) is 0 Å². The first-order valence-electron chi connectivity index (χ1n) is 6.42. The number of hydrogen-bond donors (Lipinski definition) is 0. The zero-order valence-corrected chi connectivity index (χ0v) is 11.5. The van der Waals surface area contributed by atoms with Crippen LogP contribution in [0, 0.1) is 10.7 Å². The van der Waals surface area contributed by atoms with Crippen molar-refractivity contribution in [2.24, 2.45) is 0 Å². The molecular formula is C13H31NSSn. The maximum atomic E-state index is 9.44. The average molecular weight is 352 g/mol. The molecule has 0 bridgehead atoms. The van der Waals surface area contributed by atoms with E-state index < -0.39 is 10.0 Å². The molecule has 0 radical (unpaired) electrons. The second-order valence-corrected chi connectivity index (χ2v) is 7.81. The Kier molecular flexibility index (Phi) is 14.4. The van der Waals surface area contributed by atoms with Crippen LogP contribution >= 0.6 is 10.0 Å². The molecule has 0 aromatic rings. The molecule has 1 nitrogen and oxygen atoms in total. The van der Waals surface area contributed by atoms with Crippen molar-refractivity contribution < 1.29 is 0 Å². The van der Waals surface area contributed by atoms with E-state index in [0.717, 1.165) is 0 Å². The molecule has 0 aromatic carbocycles. The monoisotopic (exact) mass is 353 g/mol. The Morgan fingerprint density at radius 3 is 1.31 bits per heavy atom. The van der Waals surface area contributed by atoms with Gasteiger partial charge in [-0.2, -0.15) is 15.3 Å². The molecule has 0 spiro atoms. The predicted molar refractivity (Wildman–Crippen MR) is 83.9 cm³/mol. The minimum absolute atomic E-state index is 0. The van der Waals surface area contributed by atoms with Crippen LogP contribution in [0.15, 0.2) is 0 Å². The quantitative estimate of drug-likeness (QED) is 0.462. The van der Waals surface area contributed by atoms with Gasteiger partial charge in [-0.05, 0) is 36.5 Å². The van der Waals surface area contributed by atoms with Gasteiger partial charge in [-0.1, -0.05) is 40.0 Å². The molecule has 0 saturated heterocycles. The normalized spacial score (nSPS) is 11.6. The number of nitrogens with zero attached hydrogens (tertiary/aromatic N) is 1. The molecule has 0 aromatic heterocycles. The van der Waals surface area contributed by atoms with Crippen molar-refractivity contribution in [1.82, 2.24) is 0 Å². The molecule has 3 heteroatoms. The fraction of sp³-hybridized carbons (Fsp3) is 0.923. The first-order chi connectivity index (χ1) is 7.24. The van der Waals surface area contributed by atoms with Crippen LogP contribution in [-0.2, 0) is 0 Å². The fourth-order valence-corrected chi connectivity index (χ4v) is 5.12. The minimum atomic E-state index is -0.915. The summed E-state index contributed by atoms with van der Waals surface area (Å²) < 4.78 is 0. The zero-order valence-electron chi connectivity index (χ0n) is 10.7. The topological polar surface area (TPSA) is 23.8 Å². The van der Waals surface area contributed by atoms with Crippen LogP contribution in [0.4, 0.5) is 0 Å². The van der Waals surface area contributed by atoms with Gasteiger partial charge in [0.2, 0.25) is 0 Å². The van der Waals surface area contributed by atoms with Crippen LogP contribution in [0.5, 0.6) is 0 Å². The van der Waals surface area contributed by atoms with E-state index >= 15 is 0 Å². The summed E-state index contributed by atoms with van der Waals surface area (Å²) in [5, 5.41) is 12.1. The van der Waals surface area contributed by atoms with Crippen molar-refractivity contribution in [3.8, 4) is 5.40 Å². The standard InChI is InChI=1S/C13H27NS.Sn.4H/c1-4-7-10-15(13-14,11-8-5-2)12-9-6-3;;;;;/h4-12H2,1-3H3;;;;;. The molecule has 0 aliphatic carbocycles. The van der Waals surface area contributed by atoms with Crippen LogP contribution in [0.2, 0.25) is 0 Å². The summed E-state index contributed by atoms with van der Waals surface area (Å²) in [7, 11) is -0.915. The third kappa shape index (κ3) is 7.84. The van der Waals surface area contributed by atoms with Crippen LogP contribution < -0.4 is 0 Å². The van der Waals surface area contributed by atoms with E-state index in [0.29, 0.717) is 0 Å². The molecule has 0 atom stereocenters. The van der Waals surface area contributed by atoms with Crippen molar-refractivity contribution >= 4 is 33.9 Å². The van der Waals surface area contributed by atoms with Crippen LogP contribution in [-0.4, -0.2) is 41.2 Å². The van der Waals surface area contributed by atoms with Crippen LogP contribution in [0.25, 0.3) is 0 Å². The van der Waals surface area contributed by atoms with Crippen LogP contribution in [0.1, 0.15) is 59.3 Å². The van der Waals surface area contributed by atoms with Gasteiger partial charge in [0.1, 0.15) is 5.40 Å². The number of nitriles is 1. The van der Waals surface area contributed by atoms with Crippen molar-refractivity contribution in [2.75, 3.05) is 17.3 Å². The maximum absolute atomic E-state index is 9.44. The summed E-state index contributed by atoms with van der Waals surface area (Å²) in [6.07, 6.45) is 7.43. The van der Waals surface area contributed by atoms with Crippen molar-refractivity contribution in [3.63, 3.8) is 0 Å². The van der Waals surface area contributed by atoms with E-state index in [-0.39, 0.29) is 23.9 Å². The van der Waals surface area contributed by atoms with Gasteiger partial charge in [-0.25, -0.2) is 0 Å². The summed E-state index contributed by atoms with van der Waals surface area (Å²) in [4.78, 5) is 0. The number of rotatable bonds is 9. The number of hydrogen-bond acceptors (Lipinski definition) is 1. The first-order valence-corrected chi connectivity index (χ1v) is 8.56. The molecule has 0 unspecified atom stereocenters. The predicted octanol–water partition coefficient (Wildman–Crippen LogP) is 3.22. The van der Waals surface area contributed by atoms with Crippen molar-refractivity contribution in [2.45, 2.75) is 59.3 Å². The third-order valence-corrected chi connectivity index (χ3v) is 6.46. The molecule has 0 aliphatic heterocycles. The van der Waals surface area contributed by atoms with E-state index in [1.807, 2.05) is 0 Å². The molecule has 0 N–H and O–H groups in total. The van der Waals surface area contributed by atoms with Crippen molar-refractivity contribution in [3.05, 3.63) is 0 Å². The van der Waals surface area contributed by atoms with E-state index in [1.165, 1.54) is 55.8 Å². The second kappa shape index (κ2) is 12.1. The Labute approximate surface area is 121 Å². The van der Waals surface area contributed by atoms with E-state index in [4.69, 9.17) is 0 Å². The molecule has 0 heterocycles. The van der Waals surface area contributed by atoms with Gasteiger partial charge in [-0.15, -0.1) is 0 Å². The summed E-state index contributed by atoms with van der Waals surface area (Å²) >= 11 is 0. The van der Waals surface area contributed by atoms with Gasteiger partial charge < -0.3 is 0 Å². The Balaban J connectivity index is 0. The summed E-state index contributed by atoms with van der Waals surface area (Å²) in [5.74, 6) is 3.58. The Bertz CT molecular complexity index is 167. The second-order valence-electron chi connectivity index (χ2n) is 4.31. The summed E-state index contributed by atoms with van der Waals surface area (Å²) in [6, 6.07) is 0. The van der Waals surface area contributed by atoms with E-state index in [1.54, 1.807) is 0 Å². The molecule has 0 rings (SSSR count). The Hall–Kier alpha value is 0.639. The zero-order chi connectivity index (χ0) is 11.6. The molecule has 0 amide bonds.